The largest absolute Gasteiger partial charge is 0.369 e. The molecular weight excluding hydrogens is 344 g/mol. The lowest BCUT2D eigenvalue weighted by Gasteiger charge is -2.36. The lowest BCUT2D eigenvalue weighted by molar-refractivity contribution is -0.384. The Balaban J connectivity index is 1.55. The van der Waals surface area contributed by atoms with E-state index in [2.05, 4.69) is 34.2 Å². The topological polar surface area (TPSA) is 78.7 Å². The number of nitrogens with one attached hydrogen (secondary N) is 1. The summed E-state index contributed by atoms with van der Waals surface area (Å²) in [7, 11) is 0. The molecule has 7 heteroatoms. The van der Waals surface area contributed by atoms with Crippen LogP contribution in [0.1, 0.15) is 11.1 Å². The second kappa shape index (κ2) is 8.18. The lowest BCUT2D eigenvalue weighted by Crippen LogP contribution is -2.48. The Bertz CT molecular complexity index is 845. The maximum atomic E-state index is 12.4. The molecule has 0 saturated carbocycles. The smallest absolute Gasteiger partial charge is 0.271 e. The monoisotopic (exact) mass is 368 g/mol. The summed E-state index contributed by atoms with van der Waals surface area (Å²) in [6.45, 7) is 7.55. The number of rotatable bonds is 5. The van der Waals surface area contributed by atoms with Gasteiger partial charge in [-0.15, -0.1) is 0 Å². The van der Waals surface area contributed by atoms with Crippen LogP contribution in [0.4, 0.5) is 17.1 Å². The van der Waals surface area contributed by atoms with Gasteiger partial charge in [0, 0.05) is 44.0 Å². The highest BCUT2D eigenvalue weighted by atomic mass is 16.6. The van der Waals surface area contributed by atoms with Crippen molar-refractivity contribution in [3.8, 4) is 0 Å². The maximum Gasteiger partial charge on any atom is 0.271 e. The summed E-state index contributed by atoms with van der Waals surface area (Å²) in [4.78, 5) is 27.3. The summed E-state index contributed by atoms with van der Waals surface area (Å²) in [6.07, 6.45) is 0. The molecule has 1 N–H and O–H groups in total. The van der Waals surface area contributed by atoms with E-state index in [-0.39, 0.29) is 18.1 Å². The van der Waals surface area contributed by atoms with Crippen molar-refractivity contribution in [1.29, 1.82) is 0 Å². The number of piperazine rings is 1. The van der Waals surface area contributed by atoms with E-state index in [0.29, 0.717) is 5.69 Å². The van der Waals surface area contributed by atoms with E-state index in [1.54, 1.807) is 6.07 Å². The summed E-state index contributed by atoms with van der Waals surface area (Å²) in [5.74, 6) is -0.150. The standard InChI is InChI=1S/C20H24N4O3/c1-15-7-8-17(24(26)27)13-18(15)21-20(25)14-22-9-11-23(12-10-22)19-6-4-3-5-16(19)2/h3-8,13H,9-12,14H2,1-2H3,(H,21,25). The van der Waals surface area contributed by atoms with Gasteiger partial charge in [0.1, 0.15) is 0 Å². The Morgan fingerprint density at radius 1 is 1.07 bits per heavy atom. The molecule has 1 amide bonds. The molecule has 2 aromatic carbocycles. The number of nitro groups is 1. The van der Waals surface area contributed by atoms with Crippen molar-refractivity contribution < 1.29 is 9.72 Å². The molecule has 0 spiro atoms. The van der Waals surface area contributed by atoms with E-state index >= 15 is 0 Å². The maximum absolute atomic E-state index is 12.4. The predicted molar refractivity (Wildman–Crippen MR) is 106 cm³/mol. The van der Waals surface area contributed by atoms with Gasteiger partial charge >= 0.3 is 0 Å². The van der Waals surface area contributed by atoms with E-state index < -0.39 is 4.92 Å². The molecule has 27 heavy (non-hydrogen) atoms. The Morgan fingerprint density at radius 3 is 2.44 bits per heavy atom. The van der Waals surface area contributed by atoms with E-state index in [0.717, 1.165) is 31.7 Å². The number of hydrogen-bond donors (Lipinski definition) is 1. The SMILES string of the molecule is Cc1ccc([N+](=O)[O-])cc1NC(=O)CN1CCN(c2ccccc2C)CC1. The first-order valence-corrected chi connectivity index (χ1v) is 9.02. The second-order valence-corrected chi connectivity index (χ2v) is 6.85. The highest BCUT2D eigenvalue weighted by Gasteiger charge is 2.20. The van der Waals surface area contributed by atoms with Gasteiger partial charge in [-0.2, -0.15) is 0 Å². The third-order valence-corrected chi connectivity index (χ3v) is 4.90. The van der Waals surface area contributed by atoms with Crippen LogP contribution in [0.15, 0.2) is 42.5 Å². The van der Waals surface area contributed by atoms with Gasteiger partial charge in [-0.25, -0.2) is 0 Å². The molecule has 0 unspecified atom stereocenters. The van der Waals surface area contributed by atoms with Crippen molar-refractivity contribution in [3.05, 3.63) is 63.7 Å². The zero-order valence-corrected chi connectivity index (χ0v) is 15.6. The minimum absolute atomic E-state index is 0.0252. The predicted octanol–water partition coefficient (Wildman–Crippen LogP) is 2.97. The molecule has 1 fully saturated rings. The van der Waals surface area contributed by atoms with E-state index in [1.807, 2.05) is 19.1 Å². The van der Waals surface area contributed by atoms with Crippen molar-refractivity contribution >= 4 is 23.0 Å². The van der Waals surface area contributed by atoms with Gasteiger partial charge in [0.15, 0.2) is 0 Å². The quantitative estimate of drug-likeness (QED) is 0.648. The lowest BCUT2D eigenvalue weighted by atomic mass is 10.1. The molecule has 0 bridgehead atoms. The Morgan fingerprint density at radius 2 is 1.78 bits per heavy atom. The van der Waals surface area contributed by atoms with E-state index in [1.165, 1.54) is 23.4 Å². The van der Waals surface area contributed by atoms with Crippen molar-refractivity contribution in [1.82, 2.24) is 4.90 Å². The number of non-ortho nitro benzene ring substituents is 1. The normalized spacial score (nSPS) is 14.8. The van der Waals surface area contributed by atoms with E-state index in [9.17, 15) is 14.9 Å². The molecular formula is C20H24N4O3. The van der Waals surface area contributed by atoms with Gasteiger partial charge in [0.2, 0.25) is 5.91 Å². The fraction of sp³-hybridized carbons (Fsp3) is 0.350. The second-order valence-electron chi connectivity index (χ2n) is 6.85. The molecule has 0 aliphatic carbocycles. The molecule has 1 aliphatic rings. The van der Waals surface area contributed by atoms with Crippen molar-refractivity contribution in [3.63, 3.8) is 0 Å². The molecule has 142 valence electrons. The Kier molecular flexibility index (Phi) is 5.71. The van der Waals surface area contributed by atoms with Crippen LogP contribution in [0, 0.1) is 24.0 Å². The average molecular weight is 368 g/mol. The van der Waals surface area contributed by atoms with Gasteiger partial charge in [-0.3, -0.25) is 19.8 Å². The van der Waals surface area contributed by atoms with Crippen LogP contribution < -0.4 is 10.2 Å². The first-order valence-electron chi connectivity index (χ1n) is 9.02. The number of benzene rings is 2. The zero-order valence-electron chi connectivity index (χ0n) is 15.6. The van der Waals surface area contributed by atoms with Crippen LogP contribution in [0.5, 0.6) is 0 Å². The first-order chi connectivity index (χ1) is 12.9. The van der Waals surface area contributed by atoms with Crippen molar-refractivity contribution in [2.45, 2.75) is 13.8 Å². The molecule has 0 atom stereocenters. The summed E-state index contributed by atoms with van der Waals surface area (Å²) in [5, 5.41) is 13.7. The Hall–Kier alpha value is -2.93. The minimum atomic E-state index is -0.458. The fourth-order valence-corrected chi connectivity index (χ4v) is 3.32. The molecule has 1 aliphatic heterocycles. The number of amides is 1. The number of anilines is 2. The van der Waals surface area contributed by atoms with Gasteiger partial charge in [0.25, 0.3) is 5.69 Å². The van der Waals surface area contributed by atoms with Gasteiger partial charge in [-0.05, 0) is 31.0 Å². The van der Waals surface area contributed by atoms with Gasteiger partial charge in [-0.1, -0.05) is 24.3 Å². The summed E-state index contributed by atoms with van der Waals surface area (Å²) in [6, 6.07) is 12.8. The van der Waals surface area contributed by atoms with Crippen LogP contribution in [0.2, 0.25) is 0 Å². The highest BCUT2D eigenvalue weighted by molar-refractivity contribution is 5.93. The van der Waals surface area contributed by atoms with Crippen LogP contribution in [0.25, 0.3) is 0 Å². The summed E-state index contributed by atoms with van der Waals surface area (Å²) < 4.78 is 0. The summed E-state index contributed by atoms with van der Waals surface area (Å²) in [5.41, 5.74) is 3.77. The first kappa shape index (κ1) is 18.8. The van der Waals surface area contributed by atoms with Crippen molar-refractivity contribution in [2.24, 2.45) is 0 Å². The fourth-order valence-electron chi connectivity index (χ4n) is 3.32. The zero-order chi connectivity index (χ0) is 19.4. The number of aryl methyl sites for hydroxylation is 2. The third kappa shape index (κ3) is 4.62. The number of para-hydroxylation sites is 1. The third-order valence-electron chi connectivity index (χ3n) is 4.90. The average Bonchev–Trinajstić information content (AvgIpc) is 2.64. The van der Waals surface area contributed by atoms with Crippen molar-refractivity contribution in [2.75, 3.05) is 42.9 Å². The van der Waals surface area contributed by atoms with Crippen LogP contribution in [-0.4, -0.2) is 48.5 Å². The number of nitro benzene ring substituents is 1. The number of nitrogens with zero attached hydrogens (tertiary/aromatic N) is 3. The molecule has 3 rings (SSSR count). The molecule has 7 nitrogen and oxygen atoms in total. The molecule has 2 aromatic rings. The van der Waals surface area contributed by atoms with E-state index in [4.69, 9.17) is 0 Å². The van der Waals surface area contributed by atoms with Crippen LogP contribution >= 0.6 is 0 Å². The molecule has 1 saturated heterocycles. The number of carbonyl (C=O) groups excluding carboxylic acids is 1. The van der Waals surface area contributed by atoms with Crippen LogP contribution in [0.3, 0.4) is 0 Å². The van der Waals surface area contributed by atoms with Gasteiger partial charge < -0.3 is 10.2 Å². The Labute approximate surface area is 158 Å². The molecule has 0 radical (unpaired) electrons. The molecule has 1 heterocycles. The van der Waals surface area contributed by atoms with Crippen LogP contribution in [-0.2, 0) is 4.79 Å². The van der Waals surface area contributed by atoms with Gasteiger partial charge in [0.05, 0.1) is 17.2 Å². The number of carbonyl (C=O) groups is 1. The summed E-state index contributed by atoms with van der Waals surface area (Å²) >= 11 is 0. The minimum Gasteiger partial charge on any atom is -0.369 e. The molecule has 0 aromatic heterocycles. The number of hydrogen-bond acceptors (Lipinski definition) is 5. The highest BCUT2D eigenvalue weighted by Crippen LogP contribution is 2.23.